The van der Waals surface area contributed by atoms with Gasteiger partial charge in [0.05, 0.1) is 30.6 Å². The van der Waals surface area contributed by atoms with Gasteiger partial charge < -0.3 is 10.1 Å². The molecule has 0 saturated carbocycles. The summed E-state index contributed by atoms with van der Waals surface area (Å²) in [4.78, 5) is 0. The summed E-state index contributed by atoms with van der Waals surface area (Å²) in [5.41, 5.74) is 5.31. The third-order valence-electron chi connectivity index (χ3n) is 3.31. The number of rotatable bonds is 7. The number of thiocarbonyl (C=S) groups is 1. The Labute approximate surface area is 162 Å². The van der Waals surface area contributed by atoms with Crippen molar-refractivity contribution in [2.24, 2.45) is 5.10 Å². The molecule has 25 heavy (non-hydrogen) atoms. The van der Waals surface area contributed by atoms with Gasteiger partial charge in [-0.05, 0) is 36.8 Å². The molecule has 9 heteroatoms. The minimum absolute atomic E-state index is 0.413. The van der Waals surface area contributed by atoms with E-state index in [1.165, 1.54) is 0 Å². The van der Waals surface area contributed by atoms with E-state index in [1.807, 2.05) is 31.2 Å². The molecule has 0 fully saturated rings. The largest absolute Gasteiger partial charge is 0.383 e. The lowest BCUT2D eigenvalue weighted by Gasteiger charge is -2.05. The lowest BCUT2D eigenvalue weighted by Crippen LogP contribution is -2.34. The normalized spacial score (nSPS) is 11.0. The average molecular weight is 400 g/mol. The first-order valence-corrected chi connectivity index (χ1v) is 8.71. The van der Waals surface area contributed by atoms with Gasteiger partial charge in [-0.3, -0.25) is 5.43 Å². The van der Waals surface area contributed by atoms with Crippen molar-refractivity contribution in [1.29, 1.82) is 0 Å². The quantitative estimate of drug-likeness (QED) is 0.324. The molecule has 0 spiro atoms. The molecule has 2 aromatic rings. The van der Waals surface area contributed by atoms with Crippen LogP contribution in [0.4, 0.5) is 0 Å². The SMILES string of the molecule is COCCNC(=S)N/N=C\c1c(C)nn(Cc2ccc(Cl)cc2)c1Cl. The van der Waals surface area contributed by atoms with Gasteiger partial charge >= 0.3 is 0 Å². The van der Waals surface area contributed by atoms with Gasteiger partial charge in [-0.2, -0.15) is 10.2 Å². The molecule has 0 bridgehead atoms. The van der Waals surface area contributed by atoms with E-state index >= 15 is 0 Å². The second-order valence-electron chi connectivity index (χ2n) is 5.19. The Morgan fingerprint density at radius 2 is 2.08 bits per heavy atom. The minimum Gasteiger partial charge on any atom is -0.383 e. The van der Waals surface area contributed by atoms with E-state index in [1.54, 1.807) is 18.0 Å². The van der Waals surface area contributed by atoms with Crippen LogP contribution in [0.2, 0.25) is 10.2 Å². The molecule has 2 rings (SSSR count). The van der Waals surface area contributed by atoms with Crippen LogP contribution in [0.5, 0.6) is 0 Å². The predicted molar refractivity (Wildman–Crippen MR) is 106 cm³/mol. The zero-order valence-corrected chi connectivity index (χ0v) is 16.3. The van der Waals surface area contributed by atoms with Crippen LogP contribution in [-0.4, -0.2) is 41.4 Å². The Morgan fingerprint density at radius 1 is 1.36 bits per heavy atom. The van der Waals surface area contributed by atoms with Crippen LogP contribution in [-0.2, 0) is 11.3 Å². The second-order valence-corrected chi connectivity index (χ2v) is 6.40. The maximum absolute atomic E-state index is 6.42. The predicted octanol–water partition coefficient (Wildman–Crippen LogP) is 2.99. The molecular formula is C16H19Cl2N5OS. The molecular weight excluding hydrogens is 381 g/mol. The van der Waals surface area contributed by atoms with Gasteiger partial charge in [0.25, 0.3) is 0 Å². The summed E-state index contributed by atoms with van der Waals surface area (Å²) in [7, 11) is 1.63. The van der Waals surface area contributed by atoms with Gasteiger partial charge in [-0.1, -0.05) is 35.3 Å². The van der Waals surface area contributed by atoms with Gasteiger partial charge in [0, 0.05) is 18.7 Å². The maximum atomic E-state index is 6.42. The molecule has 0 amide bonds. The Morgan fingerprint density at radius 3 is 2.76 bits per heavy atom. The van der Waals surface area contributed by atoms with Gasteiger partial charge in [-0.25, -0.2) is 4.68 Å². The summed E-state index contributed by atoms with van der Waals surface area (Å²) in [6, 6.07) is 7.56. The van der Waals surface area contributed by atoms with E-state index in [0.717, 1.165) is 16.8 Å². The first-order valence-electron chi connectivity index (χ1n) is 7.54. The molecule has 1 aromatic carbocycles. The Balaban J connectivity index is 2.00. The van der Waals surface area contributed by atoms with E-state index in [-0.39, 0.29) is 0 Å². The van der Waals surface area contributed by atoms with Gasteiger partial charge in [0.1, 0.15) is 5.15 Å². The van der Waals surface area contributed by atoms with Crippen molar-refractivity contribution in [3.8, 4) is 0 Å². The summed E-state index contributed by atoms with van der Waals surface area (Å²) in [5, 5.41) is 13.1. The zero-order chi connectivity index (χ0) is 18.2. The summed E-state index contributed by atoms with van der Waals surface area (Å²) in [6.45, 7) is 3.60. The number of hydrazone groups is 1. The summed E-state index contributed by atoms with van der Waals surface area (Å²) in [5.74, 6) is 0. The van der Waals surface area contributed by atoms with E-state index in [2.05, 4.69) is 20.9 Å². The average Bonchev–Trinajstić information content (AvgIpc) is 2.84. The summed E-state index contributed by atoms with van der Waals surface area (Å²) in [6.07, 6.45) is 1.60. The molecule has 134 valence electrons. The van der Waals surface area contributed by atoms with Crippen molar-refractivity contribution in [3.05, 3.63) is 51.3 Å². The number of aryl methyl sites for hydroxylation is 1. The molecule has 0 atom stereocenters. The number of nitrogens with one attached hydrogen (secondary N) is 2. The smallest absolute Gasteiger partial charge is 0.187 e. The van der Waals surface area contributed by atoms with Gasteiger partial charge in [0.2, 0.25) is 0 Å². The lowest BCUT2D eigenvalue weighted by molar-refractivity contribution is 0.204. The first kappa shape index (κ1) is 19.7. The molecule has 0 aliphatic heterocycles. The second kappa shape index (κ2) is 9.72. The third-order valence-corrected chi connectivity index (χ3v) is 4.19. The Kier molecular flexibility index (Phi) is 7.64. The zero-order valence-electron chi connectivity index (χ0n) is 13.9. The van der Waals surface area contributed by atoms with Gasteiger partial charge in [0.15, 0.2) is 5.11 Å². The molecule has 2 N–H and O–H groups in total. The van der Waals surface area contributed by atoms with Crippen molar-refractivity contribution in [3.63, 3.8) is 0 Å². The Hall–Kier alpha value is -1.67. The minimum atomic E-state index is 0.413. The fourth-order valence-electron chi connectivity index (χ4n) is 2.04. The number of ether oxygens (including phenoxy) is 1. The molecule has 0 radical (unpaired) electrons. The van der Waals surface area contributed by atoms with E-state index < -0.39 is 0 Å². The molecule has 0 aliphatic carbocycles. The van der Waals surface area contributed by atoms with E-state index in [4.69, 9.17) is 40.2 Å². The third kappa shape index (κ3) is 5.97. The maximum Gasteiger partial charge on any atom is 0.187 e. The highest BCUT2D eigenvalue weighted by atomic mass is 35.5. The first-order chi connectivity index (χ1) is 12.0. The van der Waals surface area contributed by atoms with Crippen LogP contribution in [0, 0.1) is 6.92 Å². The van der Waals surface area contributed by atoms with Crippen LogP contribution >= 0.6 is 35.4 Å². The number of benzene rings is 1. The van der Waals surface area contributed by atoms with Crippen molar-refractivity contribution < 1.29 is 4.74 Å². The van der Waals surface area contributed by atoms with Crippen LogP contribution in [0.25, 0.3) is 0 Å². The molecule has 0 aliphatic rings. The van der Waals surface area contributed by atoms with Crippen molar-refractivity contribution >= 4 is 46.7 Å². The van der Waals surface area contributed by atoms with Crippen LogP contribution < -0.4 is 10.7 Å². The monoisotopic (exact) mass is 399 g/mol. The molecule has 0 unspecified atom stereocenters. The number of aromatic nitrogens is 2. The molecule has 0 saturated heterocycles. The number of halogens is 2. The van der Waals surface area contributed by atoms with Gasteiger partial charge in [-0.15, -0.1) is 0 Å². The highest BCUT2D eigenvalue weighted by Crippen LogP contribution is 2.19. The highest BCUT2D eigenvalue weighted by molar-refractivity contribution is 7.80. The number of hydrogen-bond donors (Lipinski definition) is 2. The Bertz CT molecular complexity index is 746. The number of methoxy groups -OCH3 is 1. The van der Waals surface area contributed by atoms with E-state index in [0.29, 0.717) is 35.0 Å². The molecule has 6 nitrogen and oxygen atoms in total. The lowest BCUT2D eigenvalue weighted by atomic mass is 10.2. The molecule has 1 aromatic heterocycles. The van der Waals surface area contributed by atoms with Crippen LogP contribution in [0.15, 0.2) is 29.4 Å². The highest BCUT2D eigenvalue weighted by Gasteiger charge is 2.12. The molecule has 1 heterocycles. The summed E-state index contributed by atoms with van der Waals surface area (Å²) < 4.78 is 6.65. The van der Waals surface area contributed by atoms with Crippen molar-refractivity contribution in [2.45, 2.75) is 13.5 Å². The van der Waals surface area contributed by atoms with Crippen LogP contribution in [0.1, 0.15) is 16.8 Å². The topological polar surface area (TPSA) is 63.5 Å². The van der Waals surface area contributed by atoms with Crippen molar-refractivity contribution in [1.82, 2.24) is 20.5 Å². The van der Waals surface area contributed by atoms with Crippen molar-refractivity contribution in [2.75, 3.05) is 20.3 Å². The van der Waals surface area contributed by atoms with E-state index in [9.17, 15) is 0 Å². The fourth-order valence-corrected chi connectivity index (χ4v) is 2.61. The fraction of sp³-hybridized carbons (Fsp3) is 0.312. The standard InChI is InChI=1S/C16H19Cl2N5OS/c1-11-14(9-20-21-16(25)19-7-8-24-2)15(18)23(22-11)10-12-3-5-13(17)6-4-12/h3-6,9H,7-8,10H2,1-2H3,(H2,19,21,25)/b20-9-. The summed E-state index contributed by atoms with van der Waals surface area (Å²) >= 11 is 17.4. The number of nitrogens with zero attached hydrogens (tertiary/aromatic N) is 3. The number of hydrogen-bond acceptors (Lipinski definition) is 4. The van der Waals surface area contributed by atoms with Crippen LogP contribution in [0.3, 0.4) is 0 Å².